The van der Waals surface area contributed by atoms with E-state index in [1.807, 2.05) is 6.07 Å². The molecule has 0 radical (unpaired) electrons. The molecule has 0 atom stereocenters. The molecule has 4 heteroatoms. The molecule has 0 aromatic heterocycles. The number of carbonyl (C=O) groups excluding carboxylic acids is 1. The lowest BCUT2D eigenvalue weighted by atomic mass is 10.1. The zero-order valence-corrected chi connectivity index (χ0v) is 7.52. The maximum absolute atomic E-state index is 10.5. The van der Waals surface area contributed by atoms with Crippen LogP contribution in [0.1, 0.15) is 15.9 Å². The van der Waals surface area contributed by atoms with Crippen LogP contribution >= 0.6 is 21.7 Å². The first-order valence-corrected chi connectivity index (χ1v) is 4.74. The van der Waals surface area contributed by atoms with Crippen molar-refractivity contribution in [3.63, 3.8) is 0 Å². The number of rotatable bonds is 2. The van der Waals surface area contributed by atoms with E-state index in [9.17, 15) is 4.79 Å². The van der Waals surface area contributed by atoms with Crippen LogP contribution in [0.25, 0.3) is 0 Å². The van der Waals surface area contributed by atoms with E-state index in [1.165, 1.54) is 0 Å². The highest BCUT2D eigenvalue weighted by Crippen LogP contribution is 2.28. The number of nitrogens with zero attached hydrogens (tertiary/aromatic N) is 1. The molecule has 1 aromatic rings. The van der Waals surface area contributed by atoms with Gasteiger partial charge in [0.2, 0.25) is 0 Å². The van der Waals surface area contributed by atoms with Gasteiger partial charge in [0.1, 0.15) is 6.07 Å². The van der Waals surface area contributed by atoms with Crippen molar-refractivity contribution in [2.24, 2.45) is 0 Å². The Labute approximate surface area is 78.6 Å². The number of benzene rings is 1. The SMILES string of the molecule is N#Cc1cccc(C=O)c1SCl. The van der Waals surface area contributed by atoms with Crippen LogP contribution in [-0.4, -0.2) is 6.29 Å². The third-order valence-corrected chi connectivity index (χ3v) is 2.44. The van der Waals surface area contributed by atoms with Crippen molar-refractivity contribution in [2.75, 3.05) is 0 Å². The van der Waals surface area contributed by atoms with Crippen molar-refractivity contribution >= 4 is 27.9 Å². The molecule has 0 aliphatic rings. The average molecular weight is 198 g/mol. The average Bonchev–Trinajstić information content (AvgIpc) is 2.16. The fourth-order valence-electron chi connectivity index (χ4n) is 0.822. The smallest absolute Gasteiger partial charge is 0.151 e. The molecule has 2 nitrogen and oxygen atoms in total. The van der Waals surface area contributed by atoms with Crippen molar-refractivity contribution in [1.29, 1.82) is 5.26 Å². The Morgan fingerprint density at radius 2 is 2.33 bits per heavy atom. The van der Waals surface area contributed by atoms with Gasteiger partial charge in [-0.25, -0.2) is 0 Å². The molecule has 0 aliphatic heterocycles. The van der Waals surface area contributed by atoms with Crippen molar-refractivity contribution in [3.05, 3.63) is 29.3 Å². The zero-order valence-electron chi connectivity index (χ0n) is 5.95. The summed E-state index contributed by atoms with van der Waals surface area (Å²) < 4.78 is 0. The first-order chi connectivity index (χ1) is 5.83. The van der Waals surface area contributed by atoms with Gasteiger partial charge in [-0.2, -0.15) is 5.26 Å². The molecule has 1 rings (SSSR count). The number of nitriles is 1. The summed E-state index contributed by atoms with van der Waals surface area (Å²) in [6.45, 7) is 0. The Kier molecular flexibility index (Phi) is 3.15. The standard InChI is InChI=1S/C8H4ClNOS/c9-12-8-6(4-10)2-1-3-7(8)5-11/h1-3,5H. The van der Waals surface area contributed by atoms with Gasteiger partial charge in [0, 0.05) is 5.56 Å². The number of carbonyl (C=O) groups is 1. The van der Waals surface area contributed by atoms with Crippen LogP contribution in [0.5, 0.6) is 0 Å². The lowest BCUT2D eigenvalue weighted by Gasteiger charge is -1.99. The summed E-state index contributed by atoms with van der Waals surface area (Å²) in [6, 6.07) is 6.86. The van der Waals surface area contributed by atoms with Crippen LogP contribution in [0.15, 0.2) is 23.1 Å². The molecule has 0 saturated heterocycles. The van der Waals surface area contributed by atoms with Gasteiger partial charge in [-0.15, -0.1) is 0 Å². The van der Waals surface area contributed by atoms with Crippen LogP contribution in [-0.2, 0) is 0 Å². The first-order valence-electron chi connectivity index (χ1n) is 3.10. The second-order valence-corrected chi connectivity index (χ2v) is 3.06. The summed E-state index contributed by atoms with van der Waals surface area (Å²) in [6.07, 6.45) is 0.686. The molecule has 0 heterocycles. The van der Waals surface area contributed by atoms with E-state index in [0.717, 1.165) is 11.0 Å². The van der Waals surface area contributed by atoms with E-state index in [2.05, 4.69) is 0 Å². The van der Waals surface area contributed by atoms with Gasteiger partial charge in [0.05, 0.1) is 10.5 Å². The fourth-order valence-corrected chi connectivity index (χ4v) is 1.74. The molecule has 12 heavy (non-hydrogen) atoms. The van der Waals surface area contributed by atoms with Crippen LogP contribution in [0, 0.1) is 11.3 Å². The van der Waals surface area contributed by atoms with Gasteiger partial charge in [-0.05, 0) is 27.7 Å². The predicted octanol–water partition coefficient (Wildman–Crippen LogP) is 2.62. The normalized spacial score (nSPS) is 9.00. The van der Waals surface area contributed by atoms with Gasteiger partial charge in [-0.3, -0.25) is 4.79 Å². The van der Waals surface area contributed by atoms with Crippen LogP contribution < -0.4 is 0 Å². The summed E-state index contributed by atoms with van der Waals surface area (Å²) in [5.74, 6) is 0. The van der Waals surface area contributed by atoms with Crippen molar-refractivity contribution in [1.82, 2.24) is 0 Å². The predicted molar refractivity (Wildman–Crippen MR) is 48.3 cm³/mol. The van der Waals surface area contributed by atoms with Crippen molar-refractivity contribution in [2.45, 2.75) is 4.90 Å². The zero-order chi connectivity index (χ0) is 8.97. The number of aldehydes is 1. The monoisotopic (exact) mass is 197 g/mol. The van der Waals surface area contributed by atoms with Gasteiger partial charge in [0.25, 0.3) is 0 Å². The first kappa shape index (κ1) is 9.11. The Balaban J connectivity index is 3.34. The van der Waals surface area contributed by atoms with E-state index in [1.54, 1.807) is 18.2 Å². The van der Waals surface area contributed by atoms with E-state index >= 15 is 0 Å². The molecule has 0 unspecified atom stereocenters. The van der Waals surface area contributed by atoms with E-state index in [4.69, 9.17) is 15.9 Å². The molecular weight excluding hydrogens is 194 g/mol. The fraction of sp³-hybridized carbons (Fsp3) is 0. The third-order valence-electron chi connectivity index (χ3n) is 1.37. The minimum atomic E-state index is 0.430. The maximum Gasteiger partial charge on any atom is 0.151 e. The molecule has 0 amide bonds. The molecule has 0 spiro atoms. The van der Waals surface area contributed by atoms with Gasteiger partial charge in [-0.1, -0.05) is 12.1 Å². The molecule has 60 valence electrons. The van der Waals surface area contributed by atoms with Crippen molar-refractivity contribution in [3.8, 4) is 6.07 Å². The molecule has 0 bridgehead atoms. The second-order valence-electron chi connectivity index (χ2n) is 2.03. The topological polar surface area (TPSA) is 40.9 Å². The molecular formula is C8H4ClNOS. The highest BCUT2D eigenvalue weighted by molar-refractivity contribution is 8.21. The highest BCUT2D eigenvalue weighted by Gasteiger charge is 2.06. The number of hydrogen-bond acceptors (Lipinski definition) is 3. The molecule has 1 aromatic carbocycles. The highest BCUT2D eigenvalue weighted by atomic mass is 35.7. The van der Waals surface area contributed by atoms with E-state index in [0.29, 0.717) is 22.3 Å². The second kappa shape index (κ2) is 4.15. The Morgan fingerprint density at radius 1 is 1.58 bits per heavy atom. The van der Waals surface area contributed by atoms with Crippen LogP contribution in [0.3, 0.4) is 0 Å². The van der Waals surface area contributed by atoms with Crippen LogP contribution in [0.4, 0.5) is 0 Å². The lowest BCUT2D eigenvalue weighted by molar-refractivity contribution is 0.112. The lowest BCUT2D eigenvalue weighted by Crippen LogP contribution is -1.87. The summed E-state index contributed by atoms with van der Waals surface area (Å²) >= 11 is 0. The number of halogens is 1. The largest absolute Gasteiger partial charge is 0.298 e. The van der Waals surface area contributed by atoms with Gasteiger partial charge >= 0.3 is 0 Å². The minimum Gasteiger partial charge on any atom is -0.298 e. The quantitative estimate of drug-likeness (QED) is 0.685. The summed E-state index contributed by atoms with van der Waals surface area (Å²) in [5, 5.41) is 8.63. The molecule has 0 fully saturated rings. The van der Waals surface area contributed by atoms with E-state index < -0.39 is 0 Å². The summed E-state index contributed by atoms with van der Waals surface area (Å²) in [7, 11) is 6.39. The number of hydrogen-bond donors (Lipinski definition) is 0. The molecule has 0 saturated carbocycles. The Morgan fingerprint density at radius 3 is 2.83 bits per heavy atom. The third kappa shape index (κ3) is 1.60. The minimum absolute atomic E-state index is 0.430. The Bertz CT molecular complexity index is 345. The van der Waals surface area contributed by atoms with Crippen LogP contribution in [0.2, 0.25) is 0 Å². The Hall–Kier alpha value is -0.980. The summed E-state index contributed by atoms with van der Waals surface area (Å²) in [4.78, 5) is 11.0. The summed E-state index contributed by atoms with van der Waals surface area (Å²) in [5.41, 5.74) is 0.883. The maximum atomic E-state index is 10.5. The van der Waals surface area contributed by atoms with Crippen molar-refractivity contribution < 1.29 is 4.79 Å². The molecule has 0 N–H and O–H groups in total. The van der Waals surface area contributed by atoms with E-state index in [-0.39, 0.29) is 0 Å². The molecule has 0 aliphatic carbocycles. The van der Waals surface area contributed by atoms with Gasteiger partial charge in [0.15, 0.2) is 6.29 Å². The van der Waals surface area contributed by atoms with Gasteiger partial charge < -0.3 is 0 Å².